The average Bonchev–Trinajstić information content (AvgIpc) is 2.53. The first-order valence-corrected chi connectivity index (χ1v) is 8.28. The van der Waals surface area contributed by atoms with Crippen molar-refractivity contribution < 1.29 is 4.74 Å². The molecule has 1 aromatic heterocycles. The Morgan fingerprint density at radius 3 is 2.05 bits per heavy atom. The zero-order valence-electron chi connectivity index (χ0n) is 13.3. The van der Waals surface area contributed by atoms with Crippen molar-refractivity contribution >= 4 is 0 Å². The molecule has 0 aromatic carbocycles. The lowest BCUT2D eigenvalue weighted by Crippen LogP contribution is -2.00. The molecule has 1 aromatic rings. The SMILES string of the molecule is C#Cc1cnc(OCCCCCCCCCCCC)cn1. The van der Waals surface area contributed by atoms with E-state index in [4.69, 9.17) is 11.2 Å². The summed E-state index contributed by atoms with van der Waals surface area (Å²) in [6.45, 7) is 2.97. The summed E-state index contributed by atoms with van der Waals surface area (Å²) >= 11 is 0. The highest BCUT2D eigenvalue weighted by atomic mass is 16.5. The van der Waals surface area contributed by atoms with Crippen molar-refractivity contribution in [3.63, 3.8) is 0 Å². The van der Waals surface area contributed by atoms with Gasteiger partial charge in [-0.15, -0.1) is 6.42 Å². The van der Waals surface area contributed by atoms with E-state index in [1.807, 2.05) is 0 Å². The molecule has 0 aliphatic carbocycles. The smallest absolute Gasteiger partial charge is 0.232 e. The molecule has 0 aliphatic rings. The molecule has 0 saturated carbocycles. The third-order valence-electron chi connectivity index (χ3n) is 3.52. The second-order valence-corrected chi connectivity index (χ2v) is 5.41. The molecule has 0 aliphatic heterocycles. The molecule has 21 heavy (non-hydrogen) atoms. The Kier molecular flexibility index (Phi) is 10.2. The third-order valence-corrected chi connectivity index (χ3v) is 3.52. The Balaban J connectivity index is 1.89. The maximum atomic E-state index is 5.54. The van der Waals surface area contributed by atoms with Gasteiger partial charge in [-0.1, -0.05) is 64.7 Å². The van der Waals surface area contributed by atoms with Gasteiger partial charge in [0.1, 0.15) is 5.69 Å². The zero-order valence-corrected chi connectivity index (χ0v) is 13.3. The molecule has 1 rings (SSSR count). The van der Waals surface area contributed by atoms with Gasteiger partial charge >= 0.3 is 0 Å². The number of nitrogens with zero attached hydrogens (tertiary/aromatic N) is 2. The van der Waals surface area contributed by atoms with Crippen molar-refractivity contribution in [2.45, 2.75) is 71.1 Å². The van der Waals surface area contributed by atoms with E-state index < -0.39 is 0 Å². The Bertz CT molecular complexity index is 395. The van der Waals surface area contributed by atoms with Gasteiger partial charge in [0.15, 0.2) is 0 Å². The second kappa shape index (κ2) is 12.2. The maximum absolute atomic E-state index is 5.54. The summed E-state index contributed by atoms with van der Waals surface area (Å²) in [5, 5.41) is 0. The normalized spacial score (nSPS) is 10.3. The van der Waals surface area contributed by atoms with Crippen molar-refractivity contribution in [3.05, 3.63) is 18.1 Å². The second-order valence-electron chi connectivity index (χ2n) is 5.41. The topological polar surface area (TPSA) is 35.0 Å². The quantitative estimate of drug-likeness (QED) is 0.411. The van der Waals surface area contributed by atoms with Crippen molar-refractivity contribution in [2.75, 3.05) is 6.61 Å². The molecule has 0 radical (unpaired) electrons. The van der Waals surface area contributed by atoms with E-state index in [9.17, 15) is 0 Å². The highest BCUT2D eigenvalue weighted by Crippen LogP contribution is 2.11. The van der Waals surface area contributed by atoms with Gasteiger partial charge in [-0.3, -0.25) is 0 Å². The van der Waals surface area contributed by atoms with Crippen LogP contribution in [-0.2, 0) is 0 Å². The molecule has 0 spiro atoms. The fourth-order valence-electron chi connectivity index (χ4n) is 2.23. The molecule has 1 heterocycles. The van der Waals surface area contributed by atoms with Crippen LogP contribution < -0.4 is 4.74 Å². The summed E-state index contributed by atoms with van der Waals surface area (Å²) in [5.74, 6) is 3.00. The third kappa shape index (κ3) is 9.07. The van der Waals surface area contributed by atoms with E-state index >= 15 is 0 Å². The van der Waals surface area contributed by atoms with E-state index in [1.54, 1.807) is 12.4 Å². The predicted molar refractivity (Wildman–Crippen MR) is 87.3 cm³/mol. The largest absolute Gasteiger partial charge is 0.477 e. The van der Waals surface area contributed by atoms with Crippen LogP contribution in [0.3, 0.4) is 0 Å². The van der Waals surface area contributed by atoms with Crippen LogP contribution in [0.2, 0.25) is 0 Å². The number of unbranched alkanes of at least 4 members (excludes halogenated alkanes) is 9. The van der Waals surface area contributed by atoms with Crippen LogP contribution in [0.4, 0.5) is 0 Å². The van der Waals surface area contributed by atoms with E-state index in [0.717, 1.165) is 6.42 Å². The maximum Gasteiger partial charge on any atom is 0.232 e. The summed E-state index contributed by atoms with van der Waals surface area (Å²) in [6, 6.07) is 0. The van der Waals surface area contributed by atoms with Gasteiger partial charge in [0.2, 0.25) is 5.88 Å². The van der Waals surface area contributed by atoms with Crippen LogP contribution in [-0.4, -0.2) is 16.6 Å². The lowest BCUT2D eigenvalue weighted by molar-refractivity contribution is 0.292. The molecule has 0 unspecified atom stereocenters. The van der Waals surface area contributed by atoms with Crippen LogP contribution in [0.5, 0.6) is 5.88 Å². The predicted octanol–water partition coefficient (Wildman–Crippen LogP) is 4.76. The molecule has 0 atom stereocenters. The molecule has 0 N–H and O–H groups in total. The molecule has 0 bridgehead atoms. The van der Waals surface area contributed by atoms with Gasteiger partial charge in [-0.05, 0) is 12.3 Å². The first-order valence-electron chi connectivity index (χ1n) is 8.28. The van der Waals surface area contributed by atoms with E-state index in [2.05, 4.69) is 22.8 Å². The number of terminal acetylenes is 1. The molecule has 0 saturated heterocycles. The van der Waals surface area contributed by atoms with Crippen molar-refractivity contribution in [3.8, 4) is 18.2 Å². The number of hydrogen-bond donors (Lipinski definition) is 0. The molecule has 0 fully saturated rings. The van der Waals surface area contributed by atoms with Gasteiger partial charge in [0.25, 0.3) is 0 Å². The van der Waals surface area contributed by atoms with E-state index in [1.165, 1.54) is 57.8 Å². The van der Waals surface area contributed by atoms with Crippen LogP contribution in [0.1, 0.15) is 76.8 Å². The Morgan fingerprint density at radius 1 is 0.905 bits per heavy atom. The fourth-order valence-corrected chi connectivity index (χ4v) is 2.23. The van der Waals surface area contributed by atoms with Crippen LogP contribution in [0.15, 0.2) is 12.4 Å². The Labute approximate surface area is 129 Å². The highest BCUT2D eigenvalue weighted by Gasteiger charge is 1.97. The van der Waals surface area contributed by atoms with Gasteiger partial charge in [-0.2, -0.15) is 0 Å². The first-order chi connectivity index (χ1) is 10.4. The standard InChI is InChI=1S/C18H28N2O/c1-3-5-6-7-8-9-10-11-12-13-14-21-18-16-19-17(4-2)15-20-18/h2,15-16H,3,5-14H2,1H3. The minimum absolute atomic E-state index is 0.543. The van der Waals surface area contributed by atoms with Crippen LogP contribution in [0, 0.1) is 12.3 Å². The summed E-state index contributed by atoms with van der Waals surface area (Å²) in [4.78, 5) is 8.15. The zero-order chi connectivity index (χ0) is 15.2. The highest BCUT2D eigenvalue weighted by molar-refractivity contribution is 5.22. The minimum atomic E-state index is 0.543. The Morgan fingerprint density at radius 2 is 1.52 bits per heavy atom. The first kappa shape index (κ1) is 17.5. The van der Waals surface area contributed by atoms with E-state index in [-0.39, 0.29) is 0 Å². The molecule has 116 valence electrons. The summed E-state index contributed by atoms with van der Waals surface area (Å²) in [7, 11) is 0. The molecular weight excluding hydrogens is 260 g/mol. The van der Waals surface area contributed by atoms with Crippen molar-refractivity contribution in [1.82, 2.24) is 9.97 Å². The number of rotatable bonds is 12. The summed E-state index contributed by atoms with van der Waals surface area (Å²) in [5.41, 5.74) is 0.543. The summed E-state index contributed by atoms with van der Waals surface area (Å²) < 4.78 is 5.54. The van der Waals surface area contributed by atoms with Crippen molar-refractivity contribution in [2.24, 2.45) is 0 Å². The van der Waals surface area contributed by atoms with E-state index in [0.29, 0.717) is 18.2 Å². The lowest BCUT2D eigenvalue weighted by atomic mass is 10.1. The van der Waals surface area contributed by atoms with Crippen LogP contribution in [0.25, 0.3) is 0 Å². The van der Waals surface area contributed by atoms with Gasteiger partial charge in [0, 0.05) is 0 Å². The van der Waals surface area contributed by atoms with Crippen molar-refractivity contribution in [1.29, 1.82) is 0 Å². The average molecular weight is 288 g/mol. The fraction of sp³-hybridized carbons (Fsp3) is 0.667. The minimum Gasteiger partial charge on any atom is -0.477 e. The molecule has 3 nitrogen and oxygen atoms in total. The summed E-state index contributed by atoms with van der Waals surface area (Å²) in [6.07, 6.45) is 21.6. The van der Waals surface area contributed by atoms with Gasteiger partial charge < -0.3 is 4.74 Å². The Hall–Kier alpha value is -1.56. The van der Waals surface area contributed by atoms with Gasteiger partial charge in [0.05, 0.1) is 19.0 Å². The number of ether oxygens (including phenoxy) is 1. The van der Waals surface area contributed by atoms with Gasteiger partial charge in [-0.25, -0.2) is 9.97 Å². The number of aromatic nitrogens is 2. The molecular formula is C18H28N2O. The number of hydrogen-bond acceptors (Lipinski definition) is 3. The monoisotopic (exact) mass is 288 g/mol. The molecule has 3 heteroatoms. The van der Waals surface area contributed by atoms with Crippen LogP contribution >= 0.6 is 0 Å². The molecule has 0 amide bonds. The lowest BCUT2D eigenvalue weighted by Gasteiger charge is -2.05.